The number of carboxylic acids is 1. The van der Waals surface area contributed by atoms with E-state index in [9.17, 15) is 17.6 Å². The third-order valence-electron chi connectivity index (χ3n) is 3.22. The van der Waals surface area contributed by atoms with E-state index >= 15 is 0 Å². The number of carboxylic acid groups (broad SMARTS) is 1. The zero-order chi connectivity index (χ0) is 15.2. The fourth-order valence-corrected chi connectivity index (χ4v) is 3.67. The van der Waals surface area contributed by atoms with Crippen LogP contribution in [0.1, 0.15) is 23.4 Å². The lowest BCUT2D eigenvalue weighted by molar-refractivity contribution is 0.0652. The van der Waals surface area contributed by atoms with E-state index in [1.165, 1.54) is 12.1 Å². The van der Waals surface area contributed by atoms with Gasteiger partial charge in [0.05, 0.1) is 5.25 Å². The molecule has 3 rings (SSSR count). The van der Waals surface area contributed by atoms with E-state index in [0.717, 1.165) is 12.1 Å². The standard InChI is InChI=1S/C13H10FNO5S/c14-9-5-7(10-6-11(13(16)17)20-15-10)1-4-12(9)21(18,19)8-2-3-8/h1,4-6,8H,2-3H2,(H,16,17). The number of benzene rings is 1. The van der Waals surface area contributed by atoms with E-state index in [4.69, 9.17) is 5.11 Å². The molecule has 1 saturated carbocycles. The molecule has 1 aromatic carbocycles. The summed E-state index contributed by atoms with van der Waals surface area (Å²) >= 11 is 0. The van der Waals surface area contributed by atoms with Gasteiger partial charge in [-0.1, -0.05) is 11.2 Å². The first-order valence-corrected chi connectivity index (χ1v) is 7.68. The van der Waals surface area contributed by atoms with E-state index < -0.39 is 26.9 Å². The third-order valence-corrected chi connectivity index (χ3v) is 5.51. The Labute approximate surface area is 119 Å². The van der Waals surface area contributed by atoms with Gasteiger partial charge in [-0.3, -0.25) is 0 Å². The topological polar surface area (TPSA) is 97.5 Å². The minimum atomic E-state index is -3.62. The van der Waals surface area contributed by atoms with Crippen LogP contribution >= 0.6 is 0 Å². The van der Waals surface area contributed by atoms with Crippen LogP contribution in [0.25, 0.3) is 11.3 Å². The Bertz CT molecular complexity index is 823. The molecule has 0 radical (unpaired) electrons. The van der Waals surface area contributed by atoms with Crippen molar-refractivity contribution in [1.82, 2.24) is 5.16 Å². The molecule has 110 valence electrons. The molecular weight excluding hydrogens is 301 g/mol. The van der Waals surface area contributed by atoms with Crippen LogP contribution in [0.2, 0.25) is 0 Å². The molecule has 1 aliphatic rings. The van der Waals surface area contributed by atoms with Crippen molar-refractivity contribution >= 4 is 15.8 Å². The summed E-state index contributed by atoms with van der Waals surface area (Å²) in [7, 11) is -3.62. The number of halogens is 1. The van der Waals surface area contributed by atoms with Crippen LogP contribution < -0.4 is 0 Å². The van der Waals surface area contributed by atoms with Crippen LogP contribution in [0.15, 0.2) is 33.7 Å². The molecule has 1 heterocycles. The number of aromatic nitrogens is 1. The van der Waals surface area contributed by atoms with Crippen LogP contribution in [0, 0.1) is 5.82 Å². The first kappa shape index (κ1) is 13.7. The van der Waals surface area contributed by atoms with Crippen molar-refractivity contribution in [2.75, 3.05) is 0 Å². The number of aromatic carboxylic acids is 1. The Balaban J connectivity index is 1.99. The molecule has 0 aliphatic heterocycles. The highest BCUT2D eigenvalue weighted by molar-refractivity contribution is 7.92. The monoisotopic (exact) mass is 311 g/mol. The summed E-state index contributed by atoms with van der Waals surface area (Å²) in [6.45, 7) is 0. The van der Waals surface area contributed by atoms with Crippen molar-refractivity contribution in [3.63, 3.8) is 0 Å². The van der Waals surface area contributed by atoms with Gasteiger partial charge in [-0.2, -0.15) is 0 Å². The molecule has 21 heavy (non-hydrogen) atoms. The predicted molar refractivity (Wildman–Crippen MR) is 69.1 cm³/mol. The van der Waals surface area contributed by atoms with Crippen molar-refractivity contribution in [1.29, 1.82) is 0 Å². The van der Waals surface area contributed by atoms with Crippen LogP contribution in [0.3, 0.4) is 0 Å². The second-order valence-electron chi connectivity index (χ2n) is 4.77. The predicted octanol–water partition coefficient (Wildman–Crippen LogP) is 2.12. The van der Waals surface area contributed by atoms with E-state index in [1.54, 1.807) is 0 Å². The van der Waals surface area contributed by atoms with Gasteiger partial charge in [-0.15, -0.1) is 0 Å². The molecule has 8 heteroatoms. The van der Waals surface area contributed by atoms with Gasteiger partial charge in [0.1, 0.15) is 16.4 Å². The second-order valence-corrected chi connectivity index (χ2v) is 6.97. The maximum absolute atomic E-state index is 14.0. The van der Waals surface area contributed by atoms with Gasteiger partial charge in [-0.05, 0) is 25.0 Å². The Morgan fingerprint density at radius 3 is 2.57 bits per heavy atom. The van der Waals surface area contributed by atoms with Gasteiger partial charge in [0.25, 0.3) is 0 Å². The average Bonchev–Trinajstić information content (AvgIpc) is 3.16. The van der Waals surface area contributed by atoms with Crippen molar-refractivity contribution in [3.8, 4) is 11.3 Å². The third kappa shape index (κ3) is 2.42. The summed E-state index contributed by atoms with van der Waals surface area (Å²) < 4.78 is 42.6. The normalized spacial score (nSPS) is 15.1. The number of hydrogen-bond donors (Lipinski definition) is 1. The zero-order valence-electron chi connectivity index (χ0n) is 10.6. The lowest BCUT2D eigenvalue weighted by Crippen LogP contribution is -2.09. The molecule has 0 bridgehead atoms. The van der Waals surface area contributed by atoms with Gasteiger partial charge in [0, 0.05) is 11.6 Å². The molecule has 0 saturated heterocycles. The Hall–Kier alpha value is -2.22. The first-order chi connectivity index (χ1) is 9.89. The molecule has 1 fully saturated rings. The maximum atomic E-state index is 14.0. The Kier molecular flexibility index (Phi) is 3.05. The van der Waals surface area contributed by atoms with E-state index in [-0.39, 0.29) is 21.9 Å². The van der Waals surface area contributed by atoms with Crippen LogP contribution in [0.4, 0.5) is 4.39 Å². The SMILES string of the molecule is O=C(O)c1cc(-c2ccc(S(=O)(=O)C3CC3)c(F)c2)no1. The molecule has 1 N–H and O–H groups in total. The molecular formula is C13H10FNO5S. The van der Waals surface area contributed by atoms with Crippen LogP contribution in [-0.2, 0) is 9.84 Å². The number of rotatable bonds is 4. The van der Waals surface area contributed by atoms with E-state index in [2.05, 4.69) is 9.68 Å². The Morgan fingerprint density at radius 2 is 2.05 bits per heavy atom. The first-order valence-electron chi connectivity index (χ1n) is 6.13. The van der Waals surface area contributed by atoms with Gasteiger partial charge in [0.15, 0.2) is 9.84 Å². The number of hydrogen-bond acceptors (Lipinski definition) is 5. The highest BCUT2D eigenvalue weighted by Gasteiger charge is 2.38. The van der Waals surface area contributed by atoms with Gasteiger partial charge in [0.2, 0.25) is 5.76 Å². The lowest BCUT2D eigenvalue weighted by atomic mass is 10.1. The maximum Gasteiger partial charge on any atom is 0.374 e. The summed E-state index contributed by atoms with van der Waals surface area (Å²) in [5, 5.41) is 11.8. The lowest BCUT2D eigenvalue weighted by Gasteiger charge is -2.05. The summed E-state index contributed by atoms with van der Waals surface area (Å²) in [4.78, 5) is 10.4. The van der Waals surface area contributed by atoms with Crippen molar-refractivity contribution in [2.45, 2.75) is 23.0 Å². The van der Waals surface area contributed by atoms with Crippen molar-refractivity contribution in [3.05, 3.63) is 35.8 Å². The number of carbonyl (C=O) groups is 1. The summed E-state index contributed by atoms with van der Waals surface area (Å²) in [5.74, 6) is -2.54. The number of nitrogens with zero attached hydrogens (tertiary/aromatic N) is 1. The molecule has 0 atom stereocenters. The van der Waals surface area contributed by atoms with Crippen molar-refractivity contribution < 1.29 is 27.2 Å². The molecule has 0 amide bonds. The molecule has 2 aromatic rings. The van der Waals surface area contributed by atoms with Crippen LogP contribution in [0.5, 0.6) is 0 Å². The van der Waals surface area contributed by atoms with Crippen molar-refractivity contribution in [2.24, 2.45) is 0 Å². The number of sulfone groups is 1. The van der Waals surface area contributed by atoms with Gasteiger partial charge < -0.3 is 9.63 Å². The molecule has 6 nitrogen and oxygen atoms in total. The highest BCUT2D eigenvalue weighted by Crippen LogP contribution is 2.35. The second kappa shape index (κ2) is 4.66. The van der Waals surface area contributed by atoms with Gasteiger partial charge in [-0.25, -0.2) is 17.6 Å². The zero-order valence-corrected chi connectivity index (χ0v) is 11.4. The largest absolute Gasteiger partial charge is 0.475 e. The van der Waals surface area contributed by atoms with E-state index in [1.807, 2.05) is 0 Å². The summed E-state index contributed by atoms with van der Waals surface area (Å²) in [6.07, 6.45) is 1.10. The fraction of sp³-hybridized carbons (Fsp3) is 0.231. The van der Waals surface area contributed by atoms with Crippen LogP contribution in [-0.4, -0.2) is 29.9 Å². The summed E-state index contributed by atoms with van der Waals surface area (Å²) in [5.41, 5.74) is 0.375. The Morgan fingerprint density at radius 1 is 1.33 bits per heavy atom. The average molecular weight is 311 g/mol. The van der Waals surface area contributed by atoms with E-state index in [0.29, 0.717) is 12.8 Å². The molecule has 0 spiro atoms. The quantitative estimate of drug-likeness (QED) is 0.928. The molecule has 0 unspecified atom stereocenters. The fourth-order valence-electron chi connectivity index (χ4n) is 1.96. The minimum absolute atomic E-state index is 0.127. The molecule has 1 aliphatic carbocycles. The summed E-state index contributed by atoms with van der Waals surface area (Å²) in [6, 6.07) is 4.71. The smallest absolute Gasteiger partial charge is 0.374 e. The minimum Gasteiger partial charge on any atom is -0.475 e. The van der Waals surface area contributed by atoms with Gasteiger partial charge >= 0.3 is 5.97 Å². The highest BCUT2D eigenvalue weighted by atomic mass is 32.2. The molecule has 1 aromatic heterocycles.